The van der Waals surface area contributed by atoms with E-state index in [2.05, 4.69) is 24.2 Å². The summed E-state index contributed by atoms with van der Waals surface area (Å²) in [6.07, 6.45) is 1.23. The van der Waals surface area contributed by atoms with E-state index in [0.717, 1.165) is 49.6 Å². The lowest BCUT2D eigenvalue weighted by atomic mass is 10.1. The van der Waals surface area contributed by atoms with Gasteiger partial charge in [-0.05, 0) is 70.5 Å². The summed E-state index contributed by atoms with van der Waals surface area (Å²) in [4.78, 5) is 16.7. The molecule has 0 aromatic heterocycles. The van der Waals surface area contributed by atoms with E-state index >= 15 is 0 Å². The second kappa shape index (κ2) is 8.38. The number of nitrogens with one attached hydrogen (secondary N) is 1. The van der Waals surface area contributed by atoms with Crippen LogP contribution in [0.15, 0.2) is 18.2 Å². The number of amides is 2. The molecule has 0 radical (unpaired) electrons. The molecule has 2 amide bonds. The van der Waals surface area contributed by atoms with Gasteiger partial charge in [0.15, 0.2) is 0 Å². The lowest BCUT2D eigenvalue weighted by molar-refractivity contribution is 0.218. The number of aryl methyl sites for hydroxylation is 1. The Morgan fingerprint density at radius 2 is 2.21 bits per heavy atom. The van der Waals surface area contributed by atoms with Crippen LogP contribution in [0.2, 0.25) is 0 Å². The van der Waals surface area contributed by atoms with E-state index in [1.807, 2.05) is 43.9 Å². The third-order valence-electron chi connectivity index (χ3n) is 4.49. The molecule has 1 aromatic rings. The molecule has 24 heavy (non-hydrogen) atoms. The fourth-order valence-corrected chi connectivity index (χ4v) is 3.05. The number of carbonyl (C=O) groups excluding carboxylic acids is 1. The van der Waals surface area contributed by atoms with Crippen LogP contribution in [-0.4, -0.2) is 55.2 Å². The summed E-state index contributed by atoms with van der Waals surface area (Å²) in [6.45, 7) is 11.9. The van der Waals surface area contributed by atoms with Crippen molar-refractivity contribution in [3.63, 3.8) is 0 Å². The number of nitrogens with zero attached hydrogens (tertiary/aromatic N) is 2. The molecule has 1 atom stereocenters. The minimum Gasteiger partial charge on any atom is -0.491 e. The summed E-state index contributed by atoms with van der Waals surface area (Å²) in [5, 5.41) is 3.04. The summed E-state index contributed by atoms with van der Waals surface area (Å²) in [5.41, 5.74) is 1.87. The van der Waals surface area contributed by atoms with Gasteiger partial charge in [-0.2, -0.15) is 0 Å². The van der Waals surface area contributed by atoms with Gasteiger partial charge in [-0.15, -0.1) is 0 Å². The number of benzene rings is 1. The summed E-state index contributed by atoms with van der Waals surface area (Å²) < 4.78 is 5.69. The zero-order valence-corrected chi connectivity index (χ0v) is 15.6. The molecule has 1 aliphatic rings. The Kier molecular flexibility index (Phi) is 6.49. The van der Waals surface area contributed by atoms with Crippen molar-refractivity contribution < 1.29 is 9.53 Å². The van der Waals surface area contributed by atoms with Crippen molar-refractivity contribution in [2.75, 3.05) is 38.5 Å². The zero-order valence-electron chi connectivity index (χ0n) is 15.6. The summed E-state index contributed by atoms with van der Waals surface area (Å²) >= 11 is 0. The Labute approximate surface area is 146 Å². The average Bonchev–Trinajstić information content (AvgIpc) is 2.97. The van der Waals surface area contributed by atoms with E-state index in [-0.39, 0.29) is 12.1 Å². The van der Waals surface area contributed by atoms with Gasteiger partial charge in [0.25, 0.3) is 0 Å². The number of urea groups is 1. The Balaban J connectivity index is 1.91. The Morgan fingerprint density at radius 1 is 1.46 bits per heavy atom. The topological polar surface area (TPSA) is 44.8 Å². The smallest absolute Gasteiger partial charge is 0.321 e. The average molecular weight is 333 g/mol. The van der Waals surface area contributed by atoms with Crippen LogP contribution in [0.5, 0.6) is 5.75 Å². The van der Waals surface area contributed by atoms with Crippen molar-refractivity contribution in [1.82, 2.24) is 9.80 Å². The molecule has 5 heteroatoms. The van der Waals surface area contributed by atoms with Gasteiger partial charge in [0.05, 0.1) is 6.10 Å². The molecular formula is C19H31N3O2. The van der Waals surface area contributed by atoms with Crippen LogP contribution in [0.4, 0.5) is 10.5 Å². The maximum atomic E-state index is 12.5. The lowest BCUT2D eigenvalue weighted by Crippen LogP contribution is -2.34. The van der Waals surface area contributed by atoms with Crippen LogP contribution in [-0.2, 0) is 0 Å². The van der Waals surface area contributed by atoms with Gasteiger partial charge in [-0.3, -0.25) is 0 Å². The van der Waals surface area contributed by atoms with Gasteiger partial charge < -0.3 is 19.9 Å². The molecule has 1 saturated heterocycles. The van der Waals surface area contributed by atoms with Crippen molar-refractivity contribution in [3.05, 3.63) is 23.8 Å². The molecule has 1 N–H and O–H groups in total. The van der Waals surface area contributed by atoms with Crippen molar-refractivity contribution in [3.8, 4) is 5.75 Å². The van der Waals surface area contributed by atoms with Crippen LogP contribution >= 0.6 is 0 Å². The molecular weight excluding hydrogens is 302 g/mol. The number of ether oxygens (including phenoxy) is 1. The normalized spacial score (nSPS) is 17.6. The number of likely N-dealkylation sites (tertiary alicyclic amines) is 1. The van der Waals surface area contributed by atoms with E-state index in [9.17, 15) is 4.79 Å². The highest BCUT2D eigenvalue weighted by atomic mass is 16.5. The monoisotopic (exact) mass is 333 g/mol. The maximum Gasteiger partial charge on any atom is 0.321 e. The first-order chi connectivity index (χ1) is 11.4. The highest BCUT2D eigenvalue weighted by molar-refractivity contribution is 5.90. The number of hydrogen-bond donors (Lipinski definition) is 1. The van der Waals surface area contributed by atoms with E-state index in [0.29, 0.717) is 5.92 Å². The van der Waals surface area contributed by atoms with Gasteiger partial charge in [0, 0.05) is 25.3 Å². The molecule has 134 valence electrons. The first-order valence-electron chi connectivity index (χ1n) is 8.90. The first-order valence-corrected chi connectivity index (χ1v) is 8.90. The fraction of sp³-hybridized carbons (Fsp3) is 0.632. The first kappa shape index (κ1) is 18.6. The van der Waals surface area contributed by atoms with E-state index in [1.165, 1.54) is 0 Å². The highest BCUT2D eigenvalue weighted by Gasteiger charge is 2.27. The number of rotatable bonds is 6. The van der Waals surface area contributed by atoms with Crippen molar-refractivity contribution in [2.24, 2.45) is 5.92 Å². The van der Waals surface area contributed by atoms with Crippen LogP contribution in [0.3, 0.4) is 0 Å². The van der Waals surface area contributed by atoms with Gasteiger partial charge in [0.2, 0.25) is 0 Å². The fourth-order valence-electron chi connectivity index (χ4n) is 3.05. The largest absolute Gasteiger partial charge is 0.491 e. The van der Waals surface area contributed by atoms with E-state index in [1.54, 1.807) is 0 Å². The van der Waals surface area contributed by atoms with E-state index < -0.39 is 0 Å². The number of carbonyl (C=O) groups is 1. The molecule has 0 unspecified atom stereocenters. The third kappa shape index (κ3) is 5.13. The molecule has 0 bridgehead atoms. The van der Waals surface area contributed by atoms with Gasteiger partial charge in [-0.1, -0.05) is 6.92 Å². The van der Waals surface area contributed by atoms with Crippen molar-refractivity contribution in [2.45, 2.75) is 40.2 Å². The third-order valence-corrected chi connectivity index (χ3v) is 4.49. The molecule has 0 saturated carbocycles. The van der Waals surface area contributed by atoms with Crippen LogP contribution in [0.1, 0.15) is 32.8 Å². The molecule has 2 rings (SSSR count). The second-order valence-electron chi connectivity index (χ2n) is 7.03. The Bertz CT molecular complexity index is 560. The predicted octanol–water partition coefficient (Wildman–Crippen LogP) is 3.59. The number of hydrogen-bond acceptors (Lipinski definition) is 3. The molecule has 0 aliphatic carbocycles. The maximum absolute atomic E-state index is 12.5. The minimum atomic E-state index is -0.00252. The Morgan fingerprint density at radius 3 is 2.83 bits per heavy atom. The van der Waals surface area contributed by atoms with Gasteiger partial charge >= 0.3 is 6.03 Å². The number of anilines is 1. The van der Waals surface area contributed by atoms with Crippen molar-refractivity contribution >= 4 is 11.7 Å². The second-order valence-corrected chi connectivity index (χ2v) is 7.03. The highest BCUT2D eigenvalue weighted by Crippen LogP contribution is 2.24. The molecule has 1 aliphatic heterocycles. The van der Waals surface area contributed by atoms with Crippen LogP contribution in [0.25, 0.3) is 0 Å². The molecule has 5 nitrogen and oxygen atoms in total. The molecule has 0 spiro atoms. The van der Waals surface area contributed by atoms with Crippen LogP contribution < -0.4 is 10.1 Å². The quantitative estimate of drug-likeness (QED) is 0.865. The van der Waals surface area contributed by atoms with Gasteiger partial charge in [-0.25, -0.2) is 4.79 Å². The zero-order chi connectivity index (χ0) is 17.7. The predicted molar refractivity (Wildman–Crippen MR) is 98.8 cm³/mol. The van der Waals surface area contributed by atoms with Crippen LogP contribution in [0, 0.1) is 12.8 Å². The SMILES string of the molecule is CCN(C)C[C@H]1CCN(C(=O)Nc2ccc(OC(C)C)cc2C)C1. The van der Waals surface area contributed by atoms with E-state index in [4.69, 9.17) is 4.74 Å². The van der Waals surface area contributed by atoms with Gasteiger partial charge in [0.1, 0.15) is 5.75 Å². The molecule has 1 heterocycles. The summed E-state index contributed by atoms with van der Waals surface area (Å²) in [7, 11) is 2.13. The summed E-state index contributed by atoms with van der Waals surface area (Å²) in [6, 6.07) is 5.80. The Hall–Kier alpha value is -1.75. The van der Waals surface area contributed by atoms with Crippen molar-refractivity contribution in [1.29, 1.82) is 0 Å². The minimum absolute atomic E-state index is 0.00252. The standard InChI is InChI=1S/C19H31N3O2/c1-6-21(5)12-16-9-10-22(13-16)19(23)20-18-8-7-17(11-15(18)4)24-14(2)3/h7-8,11,14,16H,6,9-10,12-13H2,1-5H3,(H,20,23)/t16-/m1/s1. The molecule has 1 fully saturated rings. The molecule has 1 aromatic carbocycles. The summed E-state index contributed by atoms with van der Waals surface area (Å²) in [5.74, 6) is 1.41. The lowest BCUT2D eigenvalue weighted by Gasteiger charge is -2.21.